The third kappa shape index (κ3) is 4.06. The number of aromatic nitrogens is 1. The molecule has 8 heteroatoms. The van der Waals surface area contributed by atoms with E-state index in [0.717, 1.165) is 50.2 Å². The lowest BCUT2D eigenvalue weighted by molar-refractivity contribution is -0.150. The Morgan fingerprint density at radius 1 is 1.21 bits per heavy atom. The van der Waals surface area contributed by atoms with Gasteiger partial charge in [0.15, 0.2) is 0 Å². The highest BCUT2D eigenvalue weighted by Gasteiger charge is 2.46. The number of aliphatic hydroxyl groups is 1. The predicted molar refractivity (Wildman–Crippen MR) is 103 cm³/mol. The molecule has 0 bridgehead atoms. The van der Waals surface area contributed by atoms with E-state index in [1.54, 1.807) is 4.90 Å². The monoisotopic (exact) mass is 388 g/mol. The highest BCUT2D eigenvalue weighted by atomic mass is 16.4. The van der Waals surface area contributed by atoms with Crippen LogP contribution in [0.5, 0.6) is 0 Å². The van der Waals surface area contributed by atoms with Gasteiger partial charge in [0.25, 0.3) is 0 Å². The van der Waals surface area contributed by atoms with Gasteiger partial charge in [-0.1, -0.05) is 6.07 Å². The standard InChI is InChI=1S/C20H28N4O4/c25-17(26)11-20(28)12-24(13-20)19(27)23-8-5-14(6-9-23)10-16-4-3-15-2-1-7-21-18(15)22-16/h3-4,14,28H,1-2,5-13H2,(H,21,22)(H,25,26). The first-order valence-corrected chi connectivity index (χ1v) is 10.1. The Bertz CT molecular complexity index is 755. The van der Waals surface area contributed by atoms with E-state index in [4.69, 9.17) is 10.1 Å². The molecule has 2 saturated heterocycles. The minimum Gasteiger partial charge on any atom is -0.481 e. The summed E-state index contributed by atoms with van der Waals surface area (Å²) in [6.45, 7) is 2.58. The molecule has 4 heterocycles. The van der Waals surface area contributed by atoms with Crippen LogP contribution in [0.4, 0.5) is 10.6 Å². The van der Waals surface area contributed by atoms with E-state index in [0.29, 0.717) is 19.0 Å². The molecule has 0 radical (unpaired) electrons. The molecule has 2 amide bonds. The number of β-amino-alcohol motifs (C(OH)–C–C–N with tert-alkyl or cyclic N) is 1. The fourth-order valence-corrected chi connectivity index (χ4v) is 4.50. The summed E-state index contributed by atoms with van der Waals surface area (Å²) in [6.07, 6.45) is 4.73. The molecule has 8 nitrogen and oxygen atoms in total. The average Bonchev–Trinajstić information content (AvgIpc) is 2.65. The summed E-state index contributed by atoms with van der Waals surface area (Å²) < 4.78 is 0. The molecule has 3 N–H and O–H groups in total. The van der Waals surface area contributed by atoms with Crippen molar-refractivity contribution in [2.45, 2.75) is 44.1 Å². The molecule has 2 fully saturated rings. The molecular formula is C20H28N4O4. The number of carbonyl (C=O) groups excluding carboxylic acids is 1. The fourth-order valence-electron chi connectivity index (χ4n) is 4.50. The normalized spacial score (nSPS) is 21.5. The van der Waals surface area contributed by atoms with Crippen LogP contribution in [-0.4, -0.2) is 75.3 Å². The van der Waals surface area contributed by atoms with Crippen molar-refractivity contribution in [3.63, 3.8) is 0 Å². The Morgan fingerprint density at radius 2 is 1.96 bits per heavy atom. The number of carboxylic acids is 1. The van der Waals surface area contributed by atoms with Crippen LogP contribution < -0.4 is 5.32 Å². The molecule has 3 aliphatic rings. The Morgan fingerprint density at radius 3 is 2.68 bits per heavy atom. The number of pyridine rings is 1. The maximum absolute atomic E-state index is 12.6. The molecule has 0 saturated carbocycles. The van der Waals surface area contributed by atoms with Gasteiger partial charge >= 0.3 is 12.0 Å². The summed E-state index contributed by atoms with van der Waals surface area (Å²) in [7, 11) is 0. The van der Waals surface area contributed by atoms with Crippen molar-refractivity contribution in [2.24, 2.45) is 5.92 Å². The Hall–Kier alpha value is -2.35. The van der Waals surface area contributed by atoms with Crippen LogP contribution in [0.2, 0.25) is 0 Å². The lowest BCUT2D eigenvalue weighted by Crippen LogP contribution is -2.66. The second-order valence-electron chi connectivity index (χ2n) is 8.41. The molecule has 0 atom stereocenters. The number of carboxylic acid groups (broad SMARTS) is 1. The summed E-state index contributed by atoms with van der Waals surface area (Å²) in [6, 6.07) is 4.22. The second-order valence-corrected chi connectivity index (χ2v) is 8.41. The van der Waals surface area contributed by atoms with Gasteiger partial charge in [-0.25, -0.2) is 9.78 Å². The van der Waals surface area contributed by atoms with E-state index < -0.39 is 11.6 Å². The van der Waals surface area contributed by atoms with Crippen molar-refractivity contribution >= 4 is 17.8 Å². The first kappa shape index (κ1) is 19.0. The number of carbonyl (C=O) groups is 2. The van der Waals surface area contributed by atoms with Crippen molar-refractivity contribution in [2.75, 3.05) is 38.0 Å². The topological polar surface area (TPSA) is 106 Å². The van der Waals surface area contributed by atoms with E-state index in [-0.39, 0.29) is 25.5 Å². The molecule has 152 valence electrons. The minimum atomic E-state index is -1.27. The third-order valence-corrected chi connectivity index (χ3v) is 6.06. The second kappa shape index (κ2) is 7.58. The first-order chi connectivity index (χ1) is 13.4. The van der Waals surface area contributed by atoms with Crippen molar-refractivity contribution in [1.29, 1.82) is 0 Å². The fraction of sp³-hybridized carbons (Fsp3) is 0.650. The highest BCUT2D eigenvalue weighted by Crippen LogP contribution is 2.28. The van der Waals surface area contributed by atoms with Gasteiger partial charge in [0, 0.05) is 25.3 Å². The summed E-state index contributed by atoms with van der Waals surface area (Å²) in [5, 5.41) is 22.3. The van der Waals surface area contributed by atoms with Crippen LogP contribution in [0.3, 0.4) is 0 Å². The number of fused-ring (bicyclic) bond motifs is 1. The van der Waals surface area contributed by atoms with E-state index in [1.807, 2.05) is 4.90 Å². The zero-order chi connectivity index (χ0) is 19.7. The molecule has 0 aliphatic carbocycles. The smallest absolute Gasteiger partial charge is 0.320 e. The maximum atomic E-state index is 12.6. The minimum absolute atomic E-state index is 0.0929. The summed E-state index contributed by atoms with van der Waals surface area (Å²) >= 11 is 0. The number of aliphatic carboxylic acids is 1. The van der Waals surface area contributed by atoms with Crippen LogP contribution >= 0.6 is 0 Å². The predicted octanol–water partition coefficient (Wildman–Crippen LogP) is 1.34. The van der Waals surface area contributed by atoms with Crippen LogP contribution in [0.15, 0.2) is 12.1 Å². The largest absolute Gasteiger partial charge is 0.481 e. The molecule has 3 aliphatic heterocycles. The summed E-state index contributed by atoms with van der Waals surface area (Å²) in [5.41, 5.74) is 1.14. The van der Waals surface area contributed by atoms with Gasteiger partial charge in [0.05, 0.1) is 19.5 Å². The van der Waals surface area contributed by atoms with Crippen molar-refractivity contribution < 1.29 is 19.8 Å². The van der Waals surface area contributed by atoms with Gasteiger partial charge in [0.2, 0.25) is 0 Å². The Kier molecular flexibility index (Phi) is 5.14. The molecule has 0 aromatic carbocycles. The van der Waals surface area contributed by atoms with E-state index in [9.17, 15) is 14.7 Å². The number of urea groups is 1. The van der Waals surface area contributed by atoms with Gasteiger partial charge in [-0.05, 0) is 49.7 Å². The number of amides is 2. The number of rotatable bonds is 4. The number of anilines is 1. The van der Waals surface area contributed by atoms with Crippen molar-refractivity contribution in [3.8, 4) is 0 Å². The number of piperidine rings is 1. The van der Waals surface area contributed by atoms with E-state index in [2.05, 4.69) is 17.4 Å². The Labute approximate surface area is 164 Å². The van der Waals surface area contributed by atoms with Crippen LogP contribution in [0.1, 0.15) is 36.9 Å². The number of nitrogens with one attached hydrogen (secondary N) is 1. The first-order valence-electron chi connectivity index (χ1n) is 10.1. The zero-order valence-corrected chi connectivity index (χ0v) is 16.1. The van der Waals surface area contributed by atoms with Crippen molar-refractivity contribution in [1.82, 2.24) is 14.8 Å². The van der Waals surface area contributed by atoms with Crippen LogP contribution in [0.25, 0.3) is 0 Å². The SMILES string of the molecule is O=C(O)CC1(O)CN(C(=O)N2CCC(Cc3ccc4c(n3)NCCC4)CC2)C1. The number of aryl methyl sites for hydroxylation is 1. The summed E-state index contributed by atoms with van der Waals surface area (Å²) in [5.74, 6) is 0.503. The van der Waals surface area contributed by atoms with E-state index >= 15 is 0 Å². The molecular weight excluding hydrogens is 360 g/mol. The van der Waals surface area contributed by atoms with Crippen LogP contribution in [0, 0.1) is 5.92 Å². The average molecular weight is 388 g/mol. The number of likely N-dealkylation sites (tertiary alicyclic amines) is 2. The Balaban J connectivity index is 1.25. The van der Waals surface area contributed by atoms with Gasteiger partial charge < -0.3 is 25.3 Å². The van der Waals surface area contributed by atoms with E-state index in [1.165, 1.54) is 5.56 Å². The maximum Gasteiger partial charge on any atom is 0.320 e. The van der Waals surface area contributed by atoms with Crippen LogP contribution in [-0.2, 0) is 17.6 Å². The lowest BCUT2D eigenvalue weighted by atomic mass is 9.90. The molecule has 1 aromatic rings. The van der Waals surface area contributed by atoms with Gasteiger partial charge in [-0.3, -0.25) is 4.79 Å². The lowest BCUT2D eigenvalue weighted by Gasteiger charge is -2.48. The number of nitrogens with zero attached hydrogens (tertiary/aromatic N) is 3. The van der Waals surface area contributed by atoms with Gasteiger partial charge in [0.1, 0.15) is 11.4 Å². The summed E-state index contributed by atoms with van der Waals surface area (Å²) in [4.78, 5) is 31.5. The number of hydrogen-bond donors (Lipinski definition) is 3. The molecule has 28 heavy (non-hydrogen) atoms. The molecule has 0 unspecified atom stereocenters. The third-order valence-electron chi connectivity index (χ3n) is 6.06. The quantitative estimate of drug-likeness (QED) is 0.719. The van der Waals surface area contributed by atoms with Crippen molar-refractivity contribution in [3.05, 3.63) is 23.4 Å². The molecule has 1 aromatic heterocycles. The van der Waals surface area contributed by atoms with Gasteiger partial charge in [-0.2, -0.15) is 0 Å². The highest BCUT2D eigenvalue weighted by molar-refractivity contribution is 5.77. The zero-order valence-electron chi connectivity index (χ0n) is 16.1. The number of hydrogen-bond acceptors (Lipinski definition) is 5. The van der Waals surface area contributed by atoms with Gasteiger partial charge in [-0.15, -0.1) is 0 Å². The molecule has 4 rings (SSSR count). The molecule has 0 spiro atoms.